The van der Waals surface area contributed by atoms with Crippen LogP contribution in [0, 0.1) is 0 Å². The molecular weight excluding hydrogens is 328 g/mol. The quantitative estimate of drug-likeness (QED) is 0.500. The van der Waals surface area contributed by atoms with Crippen molar-refractivity contribution in [1.82, 2.24) is 20.3 Å². The first-order valence-corrected chi connectivity index (χ1v) is 8.03. The highest BCUT2D eigenvalue weighted by Crippen LogP contribution is 2.40. The molecule has 0 saturated heterocycles. The van der Waals surface area contributed by atoms with Crippen molar-refractivity contribution < 1.29 is 14.2 Å². The summed E-state index contributed by atoms with van der Waals surface area (Å²) in [6.07, 6.45) is 0. The minimum absolute atomic E-state index is 0.218. The molecule has 1 aliphatic carbocycles. The van der Waals surface area contributed by atoms with Crippen LogP contribution in [0.5, 0.6) is 5.75 Å². The van der Waals surface area contributed by atoms with Crippen molar-refractivity contribution in [3.8, 4) is 17.0 Å². The Morgan fingerprint density at radius 1 is 1.04 bits per heavy atom. The number of ether oxygens (including phenoxy) is 1. The van der Waals surface area contributed by atoms with Gasteiger partial charge in [-0.25, -0.2) is 14.6 Å². The standard InChI is InChI=1S/C16H8N4O3S/c21-14-11-9(12-13(14)18-16-15(17-12)19-23-20-16)4-1-5-10(11)22-7-8-3-2-6-24-8/h1-6H,7H2. The molecule has 3 heterocycles. The second-order valence-corrected chi connectivity index (χ2v) is 6.24. The Morgan fingerprint density at radius 2 is 1.88 bits per heavy atom. The van der Waals surface area contributed by atoms with Crippen LogP contribution in [0.4, 0.5) is 0 Å². The number of aromatic nitrogens is 4. The van der Waals surface area contributed by atoms with Crippen LogP contribution in [-0.4, -0.2) is 26.1 Å². The van der Waals surface area contributed by atoms with Crippen LogP contribution in [0.25, 0.3) is 22.6 Å². The largest absolute Gasteiger partial charge is 0.487 e. The molecule has 0 N–H and O–H groups in total. The predicted molar refractivity (Wildman–Crippen MR) is 84.9 cm³/mol. The van der Waals surface area contributed by atoms with E-state index in [0.29, 0.717) is 29.2 Å². The minimum Gasteiger partial charge on any atom is -0.487 e. The van der Waals surface area contributed by atoms with E-state index in [9.17, 15) is 4.79 Å². The number of hydrogen-bond acceptors (Lipinski definition) is 8. The zero-order chi connectivity index (χ0) is 16.1. The van der Waals surface area contributed by atoms with Crippen molar-refractivity contribution in [3.63, 3.8) is 0 Å². The third kappa shape index (κ3) is 1.86. The second kappa shape index (κ2) is 4.93. The van der Waals surface area contributed by atoms with Crippen LogP contribution >= 0.6 is 11.3 Å². The van der Waals surface area contributed by atoms with E-state index in [4.69, 9.17) is 4.74 Å². The van der Waals surface area contributed by atoms with Crippen LogP contribution in [0.3, 0.4) is 0 Å². The van der Waals surface area contributed by atoms with Crippen molar-refractivity contribution in [2.75, 3.05) is 0 Å². The van der Waals surface area contributed by atoms with Gasteiger partial charge in [0.2, 0.25) is 17.1 Å². The highest BCUT2D eigenvalue weighted by molar-refractivity contribution is 7.09. The lowest BCUT2D eigenvalue weighted by Gasteiger charge is -2.08. The Morgan fingerprint density at radius 3 is 2.67 bits per heavy atom. The second-order valence-electron chi connectivity index (χ2n) is 5.21. The van der Waals surface area contributed by atoms with Gasteiger partial charge in [-0.3, -0.25) is 4.79 Å². The molecule has 0 atom stereocenters. The van der Waals surface area contributed by atoms with Crippen molar-refractivity contribution >= 4 is 28.4 Å². The van der Waals surface area contributed by atoms with E-state index < -0.39 is 0 Å². The number of benzene rings is 1. The highest BCUT2D eigenvalue weighted by atomic mass is 32.1. The molecule has 0 unspecified atom stereocenters. The van der Waals surface area contributed by atoms with Crippen LogP contribution in [-0.2, 0) is 6.61 Å². The first-order chi connectivity index (χ1) is 11.8. The van der Waals surface area contributed by atoms with Gasteiger partial charge >= 0.3 is 0 Å². The summed E-state index contributed by atoms with van der Waals surface area (Å²) in [6.45, 7) is 0.410. The Hall–Kier alpha value is -3.13. The normalized spacial score (nSPS) is 12.4. The molecule has 8 heteroatoms. The summed E-state index contributed by atoms with van der Waals surface area (Å²) < 4.78 is 10.5. The molecule has 0 amide bonds. The van der Waals surface area contributed by atoms with Gasteiger partial charge in [-0.1, -0.05) is 18.2 Å². The molecule has 1 aromatic carbocycles. The molecule has 5 rings (SSSR count). The van der Waals surface area contributed by atoms with Gasteiger partial charge in [0.1, 0.15) is 23.7 Å². The maximum atomic E-state index is 12.8. The predicted octanol–water partition coefficient (Wildman–Crippen LogP) is 2.86. The molecule has 3 aromatic heterocycles. The Labute approximate surface area is 138 Å². The van der Waals surface area contributed by atoms with Crippen molar-refractivity contribution in [3.05, 3.63) is 51.8 Å². The summed E-state index contributed by atoms with van der Waals surface area (Å²) in [5, 5.41) is 9.32. The molecule has 4 aromatic rings. The number of carbonyl (C=O) groups is 1. The van der Waals surface area contributed by atoms with Gasteiger partial charge in [0, 0.05) is 10.4 Å². The number of fused-ring (bicyclic) bond motifs is 4. The fourth-order valence-corrected chi connectivity index (χ4v) is 3.35. The van der Waals surface area contributed by atoms with Gasteiger partial charge in [0.15, 0.2) is 0 Å². The van der Waals surface area contributed by atoms with E-state index in [0.717, 1.165) is 4.88 Å². The van der Waals surface area contributed by atoms with Crippen LogP contribution in [0.1, 0.15) is 20.9 Å². The topological polar surface area (TPSA) is 91.0 Å². The maximum absolute atomic E-state index is 12.8. The molecule has 0 aliphatic heterocycles. The molecule has 116 valence electrons. The van der Waals surface area contributed by atoms with E-state index in [-0.39, 0.29) is 22.8 Å². The zero-order valence-electron chi connectivity index (χ0n) is 12.1. The summed E-state index contributed by atoms with van der Waals surface area (Å²) in [6, 6.07) is 9.38. The highest BCUT2D eigenvalue weighted by Gasteiger charge is 2.34. The zero-order valence-corrected chi connectivity index (χ0v) is 12.9. The first kappa shape index (κ1) is 13.3. The number of ketones is 1. The van der Waals surface area contributed by atoms with Gasteiger partial charge in [0.05, 0.1) is 5.56 Å². The number of hydrogen-bond donors (Lipinski definition) is 0. The van der Waals surface area contributed by atoms with E-state index >= 15 is 0 Å². The Balaban J connectivity index is 1.61. The van der Waals surface area contributed by atoms with E-state index in [1.165, 1.54) is 0 Å². The summed E-state index contributed by atoms with van der Waals surface area (Å²) >= 11 is 1.60. The average Bonchev–Trinajstić information content (AvgIpc) is 3.32. The summed E-state index contributed by atoms with van der Waals surface area (Å²) in [5.41, 5.74) is 2.40. The molecule has 0 fully saturated rings. The number of carbonyl (C=O) groups excluding carboxylic acids is 1. The number of rotatable bonds is 3. The van der Waals surface area contributed by atoms with Crippen LogP contribution in [0.2, 0.25) is 0 Å². The molecule has 1 aliphatic rings. The minimum atomic E-state index is -0.223. The molecule has 0 bridgehead atoms. The van der Waals surface area contributed by atoms with E-state index in [1.54, 1.807) is 17.4 Å². The smallest absolute Gasteiger partial charge is 0.244 e. The van der Waals surface area contributed by atoms with Gasteiger partial charge in [-0.2, -0.15) is 0 Å². The molecule has 0 saturated carbocycles. The lowest BCUT2D eigenvalue weighted by Crippen LogP contribution is -2.03. The van der Waals surface area contributed by atoms with E-state index in [2.05, 4.69) is 24.9 Å². The fraction of sp³-hybridized carbons (Fsp3) is 0.0625. The lowest BCUT2D eigenvalue weighted by atomic mass is 10.1. The molecule has 24 heavy (non-hydrogen) atoms. The lowest BCUT2D eigenvalue weighted by molar-refractivity contribution is 0.103. The summed E-state index contributed by atoms with van der Waals surface area (Å²) in [7, 11) is 0. The van der Waals surface area contributed by atoms with Crippen molar-refractivity contribution in [2.45, 2.75) is 6.61 Å². The fourth-order valence-electron chi connectivity index (χ4n) is 2.73. The van der Waals surface area contributed by atoms with Crippen LogP contribution < -0.4 is 4.74 Å². The summed E-state index contributed by atoms with van der Waals surface area (Å²) in [5.74, 6) is 0.301. The third-order valence-corrected chi connectivity index (χ3v) is 4.64. The van der Waals surface area contributed by atoms with Gasteiger partial charge < -0.3 is 4.74 Å². The van der Waals surface area contributed by atoms with Crippen LogP contribution in [0.15, 0.2) is 40.3 Å². The Bertz CT molecular complexity index is 1090. The third-order valence-electron chi connectivity index (χ3n) is 3.79. The maximum Gasteiger partial charge on any atom is 0.244 e. The van der Waals surface area contributed by atoms with Gasteiger partial charge in [-0.15, -0.1) is 11.3 Å². The van der Waals surface area contributed by atoms with E-state index in [1.807, 2.05) is 29.6 Å². The number of thiophene rings is 1. The number of nitrogens with zero attached hydrogens (tertiary/aromatic N) is 4. The molecular formula is C16H8N4O3S. The average molecular weight is 336 g/mol. The summed E-state index contributed by atoms with van der Waals surface area (Å²) in [4.78, 5) is 22.4. The molecule has 0 radical (unpaired) electrons. The Kier molecular flexibility index (Phi) is 2.74. The van der Waals surface area contributed by atoms with Gasteiger partial charge in [0.25, 0.3) is 0 Å². The van der Waals surface area contributed by atoms with Crippen molar-refractivity contribution in [1.29, 1.82) is 0 Å². The van der Waals surface area contributed by atoms with Crippen molar-refractivity contribution in [2.24, 2.45) is 0 Å². The SMILES string of the molecule is O=C1c2nc3nonc3nc2-c2cccc(OCc3cccs3)c21. The first-order valence-electron chi connectivity index (χ1n) is 7.15. The van der Waals surface area contributed by atoms with Gasteiger partial charge in [-0.05, 0) is 27.8 Å². The molecule has 7 nitrogen and oxygen atoms in total. The monoisotopic (exact) mass is 336 g/mol. The molecule has 0 spiro atoms.